The van der Waals surface area contributed by atoms with Crippen molar-refractivity contribution in [2.75, 3.05) is 19.6 Å². The zero-order valence-corrected chi connectivity index (χ0v) is 11.2. The van der Waals surface area contributed by atoms with Gasteiger partial charge in [-0.15, -0.1) is 23.2 Å². The number of piperidine rings is 1. The summed E-state index contributed by atoms with van der Waals surface area (Å²) in [5.41, 5.74) is 1.26. The van der Waals surface area contributed by atoms with Crippen LogP contribution in [0.25, 0.3) is 0 Å². The molecule has 2 heterocycles. The Morgan fingerprint density at radius 3 is 3.00 bits per heavy atom. The lowest BCUT2D eigenvalue weighted by atomic mass is 9.95. The van der Waals surface area contributed by atoms with E-state index in [4.69, 9.17) is 23.2 Å². The number of nitrogens with zero attached hydrogens (tertiary/aromatic N) is 2. The highest BCUT2D eigenvalue weighted by atomic mass is 35.5. The second kappa shape index (κ2) is 4.45. The molecule has 1 N–H and O–H groups in total. The van der Waals surface area contributed by atoms with Gasteiger partial charge in [-0.05, 0) is 31.9 Å². The number of aromatic amines is 1. The fourth-order valence-electron chi connectivity index (χ4n) is 2.75. The summed E-state index contributed by atoms with van der Waals surface area (Å²) < 4.78 is -0.444. The van der Waals surface area contributed by atoms with Crippen molar-refractivity contribution in [1.29, 1.82) is 0 Å². The molecule has 2 atom stereocenters. The Bertz CT molecular complexity index is 377. The fourth-order valence-corrected chi connectivity index (χ4v) is 3.26. The average Bonchev–Trinajstić information content (AvgIpc) is 2.74. The van der Waals surface area contributed by atoms with Gasteiger partial charge in [-0.2, -0.15) is 5.10 Å². The Morgan fingerprint density at radius 1 is 1.53 bits per heavy atom. The molecule has 94 valence electrons. The van der Waals surface area contributed by atoms with Crippen LogP contribution >= 0.6 is 23.2 Å². The maximum absolute atomic E-state index is 6.09. The van der Waals surface area contributed by atoms with E-state index in [2.05, 4.69) is 21.2 Å². The summed E-state index contributed by atoms with van der Waals surface area (Å²) in [7, 11) is 0. The summed E-state index contributed by atoms with van der Waals surface area (Å²) in [5.74, 6) is 1.05. The summed E-state index contributed by atoms with van der Waals surface area (Å²) in [6.45, 7) is 3.31. The SMILES string of the molecule is ClC1(Cl)CC1CN1CCCC(c2ccn[nH]2)C1. The van der Waals surface area contributed by atoms with Crippen molar-refractivity contribution in [3.05, 3.63) is 18.0 Å². The van der Waals surface area contributed by atoms with Gasteiger partial charge in [0.1, 0.15) is 4.33 Å². The maximum Gasteiger partial charge on any atom is 0.122 e. The normalized spacial score (nSPS) is 32.6. The van der Waals surface area contributed by atoms with Gasteiger partial charge in [0.15, 0.2) is 0 Å². The van der Waals surface area contributed by atoms with Crippen LogP contribution in [-0.4, -0.2) is 39.1 Å². The summed E-state index contributed by atoms with van der Waals surface area (Å²) in [5, 5.41) is 7.12. The Balaban J connectivity index is 1.57. The van der Waals surface area contributed by atoms with Gasteiger partial charge < -0.3 is 4.90 Å². The van der Waals surface area contributed by atoms with E-state index in [-0.39, 0.29) is 0 Å². The second-order valence-electron chi connectivity index (χ2n) is 5.27. The van der Waals surface area contributed by atoms with Gasteiger partial charge in [0.05, 0.1) is 0 Å². The van der Waals surface area contributed by atoms with Gasteiger partial charge in [0.2, 0.25) is 0 Å². The molecule has 1 saturated carbocycles. The number of aromatic nitrogens is 2. The van der Waals surface area contributed by atoms with Crippen LogP contribution < -0.4 is 0 Å². The number of H-pyrrole nitrogens is 1. The molecule has 1 aromatic rings. The van der Waals surface area contributed by atoms with E-state index >= 15 is 0 Å². The highest BCUT2D eigenvalue weighted by Crippen LogP contribution is 2.53. The van der Waals surface area contributed by atoms with E-state index in [1.807, 2.05) is 6.20 Å². The van der Waals surface area contributed by atoms with Crippen LogP contribution in [0.5, 0.6) is 0 Å². The van der Waals surface area contributed by atoms with E-state index in [0.717, 1.165) is 19.5 Å². The Morgan fingerprint density at radius 2 is 2.35 bits per heavy atom. The molecule has 1 saturated heterocycles. The number of likely N-dealkylation sites (tertiary alicyclic amines) is 1. The molecule has 0 aromatic carbocycles. The molecule has 2 fully saturated rings. The molecule has 3 nitrogen and oxygen atoms in total. The third-order valence-electron chi connectivity index (χ3n) is 3.90. The molecule has 1 aromatic heterocycles. The fraction of sp³-hybridized carbons (Fsp3) is 0.750. The first-order valence-corrected chi connectivity index (χ1v) is 7.00. The van der Waals surface area contributed by atoms with Crippen LogP contribution in [0.15, 0.2) is 12.3 Å². The van der Waals surface area contributed by atoms with E-state index in [9.17, 15) is 0 Å². The Kier molecular flexibility index (Phi) is 3.09. The van der Waals surface area contributed by atoms with E-state index in [1.165, 1.54) is 25.1 Å². The predicted octanol–water partition coefficient (Wildman–Crippen LogP) is 2.78. The third-order valence-corrected chi connectivity index (χ3v) is 4.83. The molecule has 5 heteroatoms. The van der Waals surface area contributed by atoms with Crippen molar-refractivity contribution in [3.8, 4) is 0 Å². The Labute approximate surface area is 111 Å². The number of rotatable bonds is 3. The van der Waals surface area contributed by atoms with Crippen LogP contribution in [0.3, 0.4) is 0 Å². The lowest BCUT2D eigenvalue weighted by Crippen LogP contribution is -2.36. The first-order chi connectivity index (χ1) is 8.15. The lowest BCUT2D eigenvalue weighted by Gasteiger charge is -2.32. The van der Waals surface area contributed by atoms with Crippen molar-refractivity contribution < 1.29 is 0 Å². The van der Waals surface area contributed by atoms with E-state index < -0.39 is 4.33 Å². The molecule has 1 aliphatic heterocycles. The molecule has 0 amide bonds. The van der Waals surface area contributed by atoms with Crippen molar-refractivity contribution in [2.24, 2.45) is 5.92 Å². The molecule has 0 radical (unpaired) electrons. The molecule has 1 aliphatic carbocycles. The van der Waals surface area contributed by atoms with Gasteiger partial charge >= 0.3 is 0 Å². The topological polar surface area (TPSA) is 31.9 Å². The van der Waals surface area contributed by atoms with Crippen LogP contribution in [-0.2, 0) is 0 Å². The number of hydrogen-bond donors (Lipinski definition) is 1. The molecule has 0 bridgehead atoms. The van der Waals surface area contributed by atoms with E-state index in [0.29, 0.717) is 11.8 Å². The first-order valence-electron chi connectivity index (χ1n) is 6.24. The van der Waals surface area contributed by atoms with Gasteiger partial charge in [0, 0.05) is 36.8 Å². The monoisotopic (exact) mass is 273 g/mol. The van der Waals surface area contributed by atoms with Crippen LogP contribution in [0.4, 0.5) is 0 Å². The van der Waals surface area contributed by atoms with Gasteiger partial charge in [-0.3, -0.25) is 5.10 Å². The number of halogens is 2. The number of hydrogen-bond acceptors (Lipinski definition) is 2. The summed E-state index contributed by atoms with van der Waals surface area (Å²) >= 11 is 12.2. The van der Waals surface area contributed by atoms with E-state index in [1.54, 1.807) is 0 Å². The maximum atomic E-state index is 6.09. The zero-order valence-electron chi connectivity index (χ0n) is 9.70. The van der Waals surface area contributed by atoms with Crippen molar-refractivity contribution >= 4 is 23.2 Å². The quantitative estimate of drug-likeness (QED) is 0.859. The minimum atomic E-state index is -0.444. The largest absolute Gasteiger partial charge is 0.302 e. The first kappa shape index (κ1) is 11.8. The van der Waals surface area contributed by atoms with Crippen LogP contribution in [0.2, 0.25) is 0 Å². The van der Waals surface area contributed by atoms with Crippen LogP contribution in [0, 0.1) is 5.92 Å². The minimum absolute atomic E-state index is 0.444. The molecule has 2 aliphatic rings. The van der Waals surface area contributed by atoms with Crippen molar-refractivity contribution in [1.82, 2.24) is 15.1 Å². The van der Waals surface area contributed by atoms with Gasteiger partial charge in [0.25, 0.3) is 0 Å². The number of nitrogens with one attached hydrogen (secondary N) is 1. The minimum Gasteiger partial charge on any atom is -0.302 e. The molecular weight excluding hydrogens is 257 g/mol. The second-order valence-corrected chi connectivity index (χ2v) is 6.82. The number of alkyl halides is 2. The molecule has 0 spiro atoms. The van der Waals surface area contributed by atoms with Crippen molar-refractivity contribution in [3.63, 3.8) is 0 Å². The third kappa shape index (κ3) is 2.61. The highest BCUT2D eigenvalue weighted by molar-refractivity contribution is 6.50. The Hall–Kier alpha value is -0.250. The summed E-state index contributed by atoms with van der Waals surface area (Å²) in [6.07, 6.45) is 5.27. The van der Waals surface area contributed by atoms with Gasteiger partial charge in [-0.1, -0.05) is 0 Å². The van der Waals surface area contributed by atoms with Crippen LogP contribution in [0.1, 0.15) is 30.9 Å². The van der Waals surface area contributed by atoms with Gasteiger partial charge in [-0.25, -0.2) is 0 Å². The summed E-state index contributed by atoms with van der Waals surface area (Å²) in [4.78, 5) is 2.49. The predicted molar refractivity (Wildman–Crippen MR) is 69.5 cm³/mol. The lowest BCUT2D eigenvalue weighted by molar-refractivity contribution is 0.198. The van der Waals surface area contributed by atoms with Crippen molar-refractivity contribution in [2.45, 2.75) is 29.5 Å². The smallest absolute Gasteiger partial charge is 0.122 e. The average molecular weight is 274 g/mol. The zero-order chi connectivity index (χ0) is 11.9. The standard InChI is InChI=1S/C12H17Cl2N3/c13-12(14)6-10(12)8-17-5-1-2-9(7-17)11-3-4-15-16-11/h3-4,9-10H,1-2,5-8H2,(H,15,16). The molecule has 3 rings (SSSR count). The molecule has 17 heavy (non-hydrogen) atoms. The molecular formula is C12H17Cl2N3. The highest BCUT2D eigenvalue weighted by Gasteiger charge is 2.52. The molecule has 2 unspecified atom stereocenters. The summed E-state index contributed by atoms with van der Waals surface area (Å²) in [6, 6.07) is 2.08.